The van der Waals surface area contributed by atoms with Crippen molar-refractivity contribution in [2.45, 2.75) is 180 Å². The summed E-state index contributed by atoms with van der Waals surface area (Å²) in [5, 5.41) is 15.6. The quantitative estimate of drug-likeness (QED) is 0.232. The van der Waals surface area contributed by atoms with Gasteiger partial charge in [0.2, 0.25) is 0 Å². The van der Waals surface area contributed by atoms with Crippen molar-refractivity contribution in [2.24, 2.45) is 5.92 Å². The maximum Gasteiger partial charge on any atom is 0.321 e. The van der Waals surface area contributed by atoms with Crippen molar-refractivity contribution in [2.75, 3.05) is 7.05 Å². The molecule has 3 rings (SSSR count). The number of hydrogen-bond acceptors (Lipinski definition) is 10. The van der Waals surface area contributed by atoms with Crippen LogP contribution in [0.1, 0.15) is 128 Å². The molecule has 0 radical (unpaired) electrons. The first-order valence-corrected chi connectivity index (χ1v) is 15.9. The summed E-state index contributed by atoms with van der Waals surface area (Å²) in [6.07, 6.45) is 1.43. The van der Waals surface area contributed by atoms with Crippen LogP contribution in [0.5, 0.6) is 0 Å². The third kappa shape index (κ3) is 8.70. The minimum absolute atomic E-state index is 0.230. The zero-order valence-corrected chi connectivity index (χ0v) is 29.1. The van der Waals surface area contributed by atoms with E-state index in [4.69, 9.17) is 14.2 Å². The van der Waals surface area contributed by atoms with Crippen molar-refractivity contribution in [3.8, 4) is 0 Å². The molecule has 0 spiro atoms. The molecule has 10 heteroatoms. The maximum atomic E-state index is 13.7. The standard InChI is InChI=1S/C33H59N3O7/c1-28(2)15-21(16-29(3,4)34-28)41-25(37)14-24(26(38)42-22-17-30(5,6)35(13)31(7,8)18-22)27(39)43-23-19-32(9,10)36(40)33(11,12)20-23/h21-24,34,40H,14-20H2,1-13H3. The van der Waals surface area contributed by atoms with Crippen LogP contribution in [-0.4, -0.2) is 91.7 Å². The molecule has 1 atom stereocenters. The van der Waals surface area contributed by atoms with Gasteiger partial charge in [-0.05, 0) is 90.1 Å². The zero-order valence-electron chi connectivity index (χ0n) is 29.1. The first kappa shape index (κ1) is 35.7. The Morgan fingerprint density at radius 1 is 0.651 bits per heavy atom. The van der Waals surface area contributed by atoms with Gasteiger partial charge in [-0.15, -0.1) is 0 Å². The second-order valence-corrected chi connectivity index (χ2v) is 17.2. The number of carbonyl (C=O) groups excluding carboxylic acids is 3. The monoisotopic (exact) mass is 609 g/mol. The number of piperidine rings is 3. The molecule has 2 N–H and O–H groups in total. The first-order chi connectivity index (χ1) is 19.3. The van der Waals surface area contributed by atoms with Gasteiger partial charge in [-0.3, -0.25) is 19.3 Å². The van der Waals surface area contributed by atoms with Gasteiger partial charge in [0, 0.05) is 71.8 Å². The fraction of sp³-hybridized carbons (Fsp3) is 0.909. The number of rotatable bonds is 7. The Morgan fingerprint density at radius 3 is 1.40 bits per heavy atom. The number of esters is 3. The van der Waals surface area contributed by atoms with Gasteiger partial charge in [0.1, 0.15) is 18.3 Å². The topological polar surface area (TPSA) is 118 Å². The number of hydrogen-bond donors (Lipinski definition) is 2. The molecule has 0 aromatic carbocycles. The molecule has 0 bridgehead atoms. The summed E-state index contributed by atoms with van der Waals surface area (Å²) in [7, 11) is 2.07. The van der Waals surface area contributed by atoms with E-state index in [2.05, 4.69) is 72.7 Å². The SMILES string of the molecule is CN1C(C)(C)CC(OC(=O)C(CC(=O)OC2CC(C)(C)NC(C)(C)C2)C(=O)OC2CC(C)(C)N(O)C(C)(C)C2)CC1(C)C. The maximum absolute atomic E-state index is 13.7. The molecule has 3 fully saturated rings. The van der Waals surface area contributed by atoms with Crippen LogP contribution < -0.4 is 5.32 Å². The summed E-state index contributed by atoms with van der Waals surface area (Å²) in [5.74, 6) is -3.61. The fourth-order valence-corrected chi connectivity index (χ4v) is 8.09. The molecule has 10 nitrogen and oxygen atoms in total. The Kier molecular flexibility index (Phi) is 9.87. The number of nitrogens with one attached hydrogen (secondary N) is 1. The highest BCUT2D eigenvalue weighted by Gasteiger charge is 2.49. The lowest BCUT2D eigenvalue weighted by molar-refractivity contribution is -0.260. The first-order valence-electron chi connectivity index (χ1n) is 15.9. The average molecular weight is 610 g/mol. The molecule has 1 unspecified atom stereocenters. The number of ether oxygens (including phenoxy) is 3. The summed E-state index contributed by atoms with van der Waals surface area (Å²) in [6.45, 7) is 24.2. The van der Waals surface area contributed by atoms with Crippen LogP contribution in [0.25, 0.3) is 0 Å². The van der Waals surface area contributed by atoms with Crippen LogP contribution in [0.15, 0.2) is 0 Å². The van der Waals surface area contributed by atoms with Gasteiger partial charge in [-0.25, -0.2) is 0 Å². The Hall–Kier alpha value is -1.75. The highest BCUT2D eigenvalue weighted by Crippen LogP contribution is 2.40. The summed E-state index contributed by atoms with van der Waals surface area (Å²) >= 11 is 0. The molecule has 43 heavy (non-hydrogen) atoms. The van der Waals surface area contributed by atoms with E-state index in [-0.39, 0.29) is 28.3 Å². The van der Waals surface area contributed by atoms with Gasteiger partial charge in [-0.2, -0.15) is 5.06 Å². The molecular formula is C33H59N3O7. The van der Waals surface area contributed by atoms with Crippen molar-refractivity contribution in [1.82, 2.24) is 15.3 Å². The van der Waals surface area contributed by atoms with E-state index >= 15 is 0 Å². The highest BCUT2D eigenvalue weighted by molar-refractivity contribution is 5.98. The van der Waals surface area contributed by atoms with Crippen LogP contribution >= 0.6 is 0 Å². The number of carbonyl (C=O) groups is 3. The van der Waals surface area contributed by atoms with Crippen LogP contribution in [0, 0.1) is 5.92 Å². The number of likely N-dealkylation sites (tertiary alicyclic amines) is 1. The molecular weight excluding hydrogens is 550 g/mol. The summed E-state index contributed by atoms with van der Waals surface area (Å²) < 4.78 is 17.8. The van der Waals surface area contributed by atoms with Gasteiger partial charge in [-0.1, -0.05) is 0 Å². The van der Waals surface area contributed by atoms with E-state index < -0.39 is 53.5 Å². The van der Waals surface area contributed by atoms with Gasteiger partial charge in [0.15, 0.2) is 5.92 Å². The normalized spacial score (nSPS) is 28.0. The van der Waals surface area contributed by atoms with Crippen molar-refractivity contribution in [1.29, 1.82) is 0 Å². The third-order valence-electron chi connectivity index (χ3n) is 9.83. The van der Waals surface area contributed by atoms with Crippen molar-refractivity contribution >= 4 is 17.9 Å². The van der Waals surface area contributed by atoms with Gasteiger partial charge in [0.25, 0.3) is 0 Å². The predicted octanol–water partition coefficient (Wildman–Crippen LogP) is 4.99. The highest BCUT2D eigenvalue weighted by atomic mass is 16.6. The van der Waals surface area contributed by atoms with Crippen molar-refractivity contribution in [3.05, 3.63) is 0 Å². The van der Waals surface area contributed by atoms with E-state index in [0.29, 0.717) is 38.5 Å². The Bertz CT molecular complexity index is 957. The lowest BCUT2D eigenvalue weighted by Gasteiger charge is -2.53. The fourth-order valence-electron chi connectivity index (χ4n) is 8.09. The summed E-state index contributed by atoms with van der Waals surface area (Å²) in [4.78, 5) is 43.1. The smallest absolute Gasteiger partial charge is 0.321 e. The molecule has 0 aromatic heterocycles. The molecule has 3 aliphatic rings. The molecule has 3 heterocycles. The molecule has 0 aromatic rings. The van der Waals surface area contributed by atoms with E-state index in [1.165, 1.54) is 5.06 Å². The largest absolute Gasteiger partial charge is 0.462 e. The molecule has 0 amide bonds. The van der Waals surface area contributed by atoms with Gasteiger partial charge >= 0.3 is 17.9 Å². The van der Waals surface area contributed by atoms with E-state index in [1.54, 1.807) is 0 Å². The average Bonchev–Trinajstić information content (AvgIpc) is 2.76. The number of nitrogens with zero attached hydrogens (tertiary/aromatic N) is 2. The molecule has 0 aliphatic carbocycles. The molecule has 248 valence electrons. The lowest BCUT2D eigenvalue weighted by Crippen LogP contribution is -2.61. The van der Waals surface area contributed by atoms with E-state index in [0.717, 1.165) is 0 Å². The van der Waals surface area contributed by atoms with Crippen LogP contribution in [-0.2, 0) is 28.6 Å². The van der Waals surface area contributed by atoms with Crippen LogP contribution in [0.3, 0.4) is 0 Å². The Balaban J connectivity index is 1.80. The molecule has 3 aliphatic heterocycles. The predicted molar refractivity (Wildman–Crippen MR) is 164 cm³/mol. The van der Waals surface area contributed by atoms with E-state index in [9.17, 15) is 19.6 Å². The second-order valence-electron chi connectivity index (χ2n) is 17.2. The zero-order chi connectivity index (χ0) is 33.0. The third-order valence-corrected chi connectivity index (χ3v) is 9.83. The molecule has 3 saturated heterocycles. The van der Waals surface area contributed by atoms with Crippen LogP contribution in [0.2, 0.25) is 0 Å². The Morgan fingerprint density at radius 2 is 1.00 bits per heavy atom. The van der Waals surface area contributed by atoms with Crippen molar-refractivity contribution < 1.29 is 33.8 Å². The molecule has 0 saturated carbocycles. The summed E-state index contributed by atoms with van der Waals surface area (Å²) in [5.41, 5.74) is -2.24. The number of hydroxylamine groups is 2. The van der Waals surface area contributed by atoms with E-state index in [1.807, 2.05) is 27.7 Å². The van der Waals surface area contributed by atoms with Crippen LogP contribution in [0.4, 0.5) is 0 Å². The second kappa shape index (κ2) is 11.9. The minimum Gasteiger partial charge on any atom is -0.462 e. The lowest BCUT2D eigenvalue weighted by atomic mass is 9.78. The van der Waals surface area contributed by atoms with Gasteiger partial charge < -0.3 is 24.7 Å². The minimum atomic E-state index is -1.44. The Labute approximate surface area is 259 Å². The van der Waals surface area contributed by atoms with Gasteiger partial charge in [0.05, 0.1) is 6.42 Å². The van der Waals surface area contributed by atoms with Crippen molar-refractivity contribution in [3.63, 3.8) is 0 Å². The summed E-state index contributed by atoms with van der Waals surface area (Å²) in [6, 6.07) is 0.